The van der Waals surface area contributed by atoms with E-state index < -0.39 is 11.8 Å². The summed E-state index contributed by atoms with van der Waals surface area (Å²) in [7, 11) is 0. The summed E-state index contributed by atoms with van der Waals surface area (Å²) < 4.78 is 5.54. The second-order valence-electron chi connectivity index (χ2n) is 9.24. The fourth-order valence-corrected chi connectivity index (χ4v) is 4.53. The minimum absolute atomic E-state index is 0.00175. The summed E-state index contributed by atoms with van der Waals surface area (Å²) in [5.74, 6) is -0.599. The highest BCUT2D eigenvalue weighted by Crippen LogP contribution is 2.28. The van der Waals surface area contributed by atoms with E-state index in [1.807, 2.05) is 43.3 Å². The maximum Gasteiger partial charge on any atom is 0.313 e. The first-order valence-electron chi connectivity index (χ1n) is 12.4. The molecule has 4 rings (SSSR count). The molecule has 0 unspecified atom stereocenters. The topological polar surface area (TPSA) is 108 Å². The van der Waals surface area contributed by atoms with Crippen LogP contribution in [0.3, 0.4) is 0 Å². The van der Waals surface area contributed by atoms with E-state index in [1.54, 1.807) is 21.9 Å². The molecular weight excluding hydrogens is 460 g/mol. The van der Waals surface area contributed by atoms with Crippen LogP contribution in [0, 0.1) is 12.8 Å². The second-order valence-corrected chi connectivity index (χ2v) is 9.24. The summed E-state index contributed by atoms with van der Waals surface area (Å²) in [6, 6.07) is 14.5. The van der Waals surface area contributed by atoms with E-state index in [9.17, 15) is 19.2 Å². The largest absolute Gasteiger partial charge is 0.484 e. The Bertz CT molecular complexity index is 1110. The number of rotatable bonds is 7. The highest BCUT2D eigenvalue weighted by molar-refractivity contribution is 6.39. The first-order valence-corrected chi connectivity index (χ1v) is 12.4. The first-order chi connectivity index (χ1) is 17.4. The molecule has 2 saturated heterocycles. The van der Waals surface area contributed by atoms with Gasteiger partial charge in [0.2, 0.25) is 5.91 Å². The van der Waals surface area contributed by atoms with Gasteiger partial charge in [-0.15, -0.1) is 0 Å². The van der Waals surface area contributed by atoms with E-state index in [-0.39, 0.29) is 24.3 Å². The molecule has 2 heterocycles. The summed E-state index contributed by atoms with van der Waals surface area (Å²) in [5, 5.41) is 5.34. The minimum atomic E-state index is -0.747. The third-order valence-corrected chi connectivity index (χ3v) is 6.66. The van der Waals surface area contributed by atoms with Crippen molar-refractivity contribution in [1.29, 1.82) is 0 Å². The molecule has 36 heavy (non-hydrogen) atoms. The van der Waals surface area contributed by atoms with Crippen molar-refractivity contribution in [3.05, 3.63) is 54.1 Å². The molecule has 190 valence electrons. The first kappa shape index (κ1) is 25.2. The van der Waals surface area contributed by atoms with Gasteiger partial charge in [-0.1, -0.05) is 24.3 Å². The Hall–Kier alpha value is -3.88. The number of ether oxygens (including phenoxy) is 1. The van der Waals surface area contributed by atoms with Gasteiger partial charge < -0.3 is 25.2 Å². The normalized spacial score (nSPS) is 16.1. The van der Waals surface area contributed by atoms with Crippen molar-refractivity contribution in [2.75, 3.05) is 43.0 Å². The van der Waals surface area contributed by atoms with Crippen LogP contribution in [0.25, 0.3) is 0 Å². The minimum Gasteiger partial charge on any atom is -0.484 e. The number of para-hydroxylation sites is 1. The molecule has 0 radical (unpaired) electrons. The smallest absolute Gasteiger partial charge is 0.313 e. The Balaban J connectivity index is 1.19. The third kappa shape index (κ3) is 6.41. The lowest BCUT2D eigenvalue weighted by Gasteiger charge is -2.32. The Morgan fingerprint density at radius 1 is 1.00 bits per heavy atom. The van der Waals surface area contributed by atoms with E-state index in [1.165, 1.54) is 0 Å². The van der Waals surface area contributed by atoms with Crippen LogP contribution in [0.1, 0.15) is 31.2 Å². The molecule has 2 aromatic rings. The molecule has 2 N–H and O–H groups in total. The number of nitrogens with one attached hydrogen (secondary N) is 2. The van der Waals surface area contributed by atoms with Crippen molar-refractivity contribution in [2.24, 2.45) is 5.92 Å². The van der Waals surface area contributed by atoms with Gasteiger partial charge >= 0.3 is 11.8 Å². The predicted octanol–water partition coefficient (Wildman–Crippen LogP) is 2.49. The zero-order valence-corrected chi connectivity index (χ0v) is 20.5. The average molecular weight is 493 g/mol. The van der Waals surface area contributed by atoms with E-state index in [2.05, 4.69) is 10.6 Å². The number of hydrogen-bond donors (Lipinski definition) is 2. The number of benzene rings is 2. The molecule has 0 bridgehead atoms. The van der Waals surface area contributed by atoms with Crippen LogP contribution < -0.4 is 20.3 Å². The monoisotopic (exact) mass is 492 g/mol. The third-order valence-electron chi connectivity index (χ3n) is 6.66. The summed E-state index contributed by atoms with van der Waals surface area (Å²) in [4.78, 5) is 52.8. The van der Waals surface area contributed by atoms with Crippen molar-refractivity contribution in [3.63, 3.8) is 0 Å². The molecule has 0 aliphatic carbocycles. The highest BCUT2D eigenvalue weighted by Gasteiger charge is 2.25. The fraction of sp³-hybridized carbons (Fsp3) is 0.407. The molecule has 0 atom stereocenters. The molecule has 2 fully saturated rings. The van der Waals surface area contributed by atoms with Crippen molar-refractivity contribution in [2.45, 2.75) is 32.6 Å². The number of nitrogens with zero attached hydrogens (tertiary/aromatic N) is 2. The lowest BCUT2D eigenvalue weighted by Crippen LogP contribution is -2.44. The van der Waals surface area contributed by atoms with Gasteiger partial charge in [-0.25, -0.2) is 0 Å². The number of piperidine rings is 1. The van der Waals surface area contributed by atoms with Crippen molar-refractivity contribution < 1.29 is 23.9 Å². The highest BCUT2D eigenvalue weighted by atomic mass is 16.5. The van der Waals surface area contributed by atoms with Gasteiger partial charge in [-0.2, -0.15) is 0 Å². The van der Waals surface area contributed by atoms with Crippen LogP contribution in [-0.2, 0) is 19.2 Å². The average Bonchev–Trinajstić information content (AvgIpc) is 3.33. The number of likely N-dealkylation sites (tertiary alicyclic amines) is 1. The van der Waals surface area contributed by atoms with Crippen LogP contribution in [0.5, 0.6) is 5.75 Å². The molecule has 9 nitrogen and oxygen atoms in total. The van der Waals surface area contributed by atoms with E-state index >= 15 is 0 Å². The molecule has 9 heteroatoms. The van der Waals surface area contributed by atoms with E-state index in [4.69, 9.17) is 4.74 Å². The van der Waals surface area contributed by atoms with Gasteiger partial charge in [0.25, 0.3) is 5.91 Å². The number of carbonyl (C=O) groups is 4. The summed E-state index contributed by atoms with van der Waals surface area (Å²) >= 11 is 0. The standard InChI is InChI=1S/C27H32N4O5/c1-19-9-10-21(16-23(19)31-13-5-8-24(31)32)29-27(35)26(34)28-17-20-11-14-30(15-12-20)25(33)18-36-22-6-3-2-4-7-22/h2-4,6-7,9-10,16,20H,5,8,11-15,17-18H2,1H3,(H,28,34)(H,29,35). The Kier molecular flexibility index (Phi) is 8.20. The molecule has 2 aliphatic heterocycles. The number of amides is 4. The number of hydrogen-bond acceptors (Lipinski definition) is 5. The molecule has 0 spiro atoms. The quantitative estimate of drug-likeness (QED) is 0.578. The maximum atomic E-state index is 12.4. The lowest BCUT2D eigenvalue weighted by atomic mass is 9.96. The number of anilines is 2. The summed E-state index contributed by atoms with van der Waals surface area (Å²) in [6.07, 6.45) is 2.81. The van der Waals surface area contributed by atoms with Crippen LogP contribution in [-0.4, -0.2) is 61.3 Å². The predicted molar refractivity (Wildman–Crippen MR) is 136 cm³/mol. The number of aryl methyl sites for hydroxylation is 1. The molecule has 0 saturated carbocycles. The van der Waals surface area contributed by atoms with Crippen LogP contribution in [0.4, 0.5) is 11.4 Å². The Labute approximate surface area is 210 Å². The van der Waals surface area contributed by atoms with Gasteiger partial charge in [0.1, 0.15) is 5.75 Å². The van der Waals surface area contributed by atoms with Crippen molar-refractivity contribution in [3.8, 4) is 5.75 Å². The molecule has 2 aliphatic rings. The summed E-state index contributed by atoms with van der Waals surface area (Å²) in [6.45, 7) is 4.11. The van der Waals surface area contributed by atoms with Crippen molar-refractivity contribution >= 4 is 35.0 Å². The SMILES string of the molecule is Cc1ccc(NC(=O)C(=O)NCC2CCN(C(=O)COc3ccccc3)CC2)cc1N1CCCC1=O. The molecule has 0 aromatic heterocycles. The molecular formula is C27H32N4O5. The van der Waals surface area contributed by atoms with Gasteiger partial charge in [0.05, 0.1) is 0 Å². The Morgan fingerprint density at radius 3 is 2.44 bits per heavy atom. The lowest BCUT2D eigenvalue weighted by molar-refractivity contribution is -0.136. The van der Waals surface area contributed by atoms with Crippen molar-refractivity contribution in [1.82, 2.24) is 10.2 Å². The Morgan fingerprint density at radius 2 is 1.75 bits per heavy atom. The van der Waals surface area contributed by atoms with Gasteiger partial charge in [-0.3, -0.25) is 19.2 Å². The zero-order valence-electron chi connectivity index (χ0n) is 20.5. The van der Waals surface area contributed by atoms with Gasteiger partial charge in [0.15, 0.2) is 6.61 Å². The van der Waals surface area contributed by atoms with Crippen LogP contribution in [0.2, 0.25) is 0 Å². The van der Waals surface area contributed by atoms with E-state index in [0.29, 0.717) is 44.0 Å². The maximum absolute atomic E-state index is 12.4. The van der Waals surface area contributed by atoms with Crippen LogP contribution >= 0.6 is 0 Å². The number of carbonyl (C=O) groups excluding carboxylic acids is 4. The zero-order chi connectivity index (χ0) is 25.5. The summed E-state index contributed by atoms with van der Waals surface area (Å²) in [5.41, 5.74) is 2.16. The molecule has 4 amide bonds. The molecule has 2 aromatic carbocycles. The second kappa shape index (κ2) is 11.7. The fourth-order valence-electron chi connectivity index (χ4n) is 4.53. The van der Waals surface area contributed by atoms with Gasteiger partial charge in [0, 0.05) is 44.0 Å². The van der Waals surface area contributed by atoms with Crippen LogP contribution in [0.15, 0.2) is 48.5 Å². The van der Waals surface area contributed by atoms with Gasteiger partial charge in [-0.05, 0) is 61.9 Å². The van der Waals surface area contributed by atoms with E-state index in [0.717, 1.165) is 30.5 Å².